The van der Waals surface area contributed by atoms with Gasteiger partial charge < -0.3 is 15.3 Å². The van der Waals surface area contributed by atoms with E-state index in [-0.39, 0.29) is 11.6 Å². The fourth-order valence-electron chi connectivity index (χ4n) is 7.33. The monoisotopic (exact) mass is 338 g/mol. The van der Waals surface area contributed by atoms with Crippen molar-refractivity contribution in [3.63, 3.8) is 0 Å². The number of nitrogens with one attached hydrogen (secondary N) is 1. The number of urea groups is 1. The Labute approximate surface area is 148 Å². The predicted octanol–water partition coefficient (Wildman–Crippen LogP) is 2.49. The van der Waals surface area contributed by atoms with Crippen LogP contribution in [0.4, 0.5) is 4.79 Å². The molecule has 5 aliphatic carbocycles. The molecule has 2 N–H and O–H groups in total. The minimum Gasteiger partial charge on any atom is -0.390 e. The van der Waals surface area contributed by atoms with E-state index in [4.69, 9.17) is 0 Å². The number of hydrogen-bond acceptors (Lipinski definition) is 2. The molecular formula is C21H26N2O2. The van der Waals surface area contributed by atoms with E-state index in [1.165, 1.54) is 24.0 Å². The number of carbonyl (C=O) groups excluding carboxylic acids is 1. The van der Waals surface area contributed by atoms with Crippen molar-refractivity contribution >= 4 is 6.03 Å². The van der Waals surface area contributed by atoms with Crippen molar-refractivity contribution in [3.8, 4) is 0 Å². The van der Waals surface area contributed by atoms with Crippen LogP contribution in [0.5, 0.6) is 0 Å². The van der Waals surface area contributed by atoms with Gasteiger partial charge in [-0.15, -0.1) is 0 Å². The van der Waals surface area contributed by atoms with Gasteiger partial charge in [0.2, 0.25) is 0 Å². The molecule has 1 aliphatic heterocycles. The number of nitrogens with zero attached hydrogens (tertiary/aromatic N) is 1. The topological polar surface area (TPSA) is 52.6 Å². The highest BCUT2D eigenvalue weighted by Gasteiger charge is 2.59. The molecule has 2 atom stereocenters. The quantitative estimate of drug-likeness (QED) is 0.827. The van der Waals surface area contributed by atoms with E-state index in [2.05, 4.69) is 34.5 Å². The average molecular weight is 338 g/mol. The van der Waals surface area contributed by atoms with Crippen LogP contribution in [0.3, 0.4) is 0 Å². The van der Waals surface area contributed by atoms with Gasteiger partial charge in [0, 0.05) is 12.6 Å². The molecule has 25 heavy (non-hydrogen) atoms. The van der Waals surface area contributed by atoms with Crippen LogP contribution in [0.25, 0.3) is 0 Å². The molecule has 4 heteroatoms. The number of aliphatic hydroxyl groups is 1. The Morgan fingerprint density at radius 3 is 2.28 bits per heavy atom. The summed E-state index contributed by atoms with van der Waals surface area (Å²) in [5.74, 6) is 1.69. The van der Waals surface area contributed by atoms with E-state index in [0.29, 0.717) is 23.8 Å². The van der Waals surface area contributed by atoms with E-state index < -0.39 is 5.60 Å². The molecule has 1 saturated heterocycles. The Kier molecular flexibility index (Phi) is 2.68. The maximum absolute atomic E-state index is 12.9. The number of benzene rings is 1. The van der Waals surface area contributed by atoms with E-state index in [1.54, 1.807) is 0 Å². The summed E-state index contributed by atoms with van der Waals surface area (Å²) < 4.78 is 0. The summed E-state index contributed by atoms with van der Waals surface area (Å²) in [5, 5.41) is 14.2. The molecule has 4 nitrogen and oxygen atoms in total. The van der Waals surface area contributed by atoms with Crippen LogP contribution in [0.1, 0.15) is 43.2 Å². The van der Waals surface area contributed by atoms with Crippen molar-refractivity contribution in [1.29, 1.82) is 0 Å². The molecule has 4 bridgehead atoms. The first kappa shape index (κ1) is 14.6. The van der Waals surface area contributed by atoms with Gasteiger partial charge in [-0.05, 0) is 73.8 Å². The summed E-state index contributed by atoms with van der Waals surface area (Å²) in [7, 11) is 0. The molecule has 1 spiro atoms. The average Bonchev–Trinajstić information content (AvgIpc) is 3.04. The zero-order chi connectivity index (χ0) is 16.8. The maximum atomic E-state index is 12.9. The SMILES string of the molecule is O=C1NC2(Cc3ccccc3C2)CN1C1C2CC3CC1CC(O)(C3)C2. The Hall–Kier alpha value is -1.55. The molecule has 4 saturated carbocycles. The maximum Gasteiger partial charge on any atom is 0.318 e. The third kappa shape index (κ3) is 2.00. The van der Waals surface area contributed by atoms with Gasteiger partial charge in [0.05, 0.1) is 11.1 Å². The van der Waals surface area contributed by atoms with Crippen molar-refractivity contribution in [2.24, 2.45) is 17.8 Å². The normalized spacial score (nSPS) is 42.9. The first-order valence-electron chi connectivity index (χ1n) is 9.91. The molecule has 0 aromatic heterocycles. The lowest BCUT2D eigenvalue weighted by molar-refractivity contribution is -0.152. The molecule has 1 aromatic rings. The number of carbonyl (C=O) groups is 1. The van der Waals surface area contributed by atoms with Crippen molar-refractivity contribution < 1.29 is 9.90 Å². The summed E-state index contributed by atoms with van der Waals surface area (Å²) >= 11 is 0. The lowest BCUT2D eigenvalue weighted by Gasteiger charge is -2.59. The second-order valence-corrected chi connectivity index (χ2v) is 9.65. The van der Waals surface area contributed by atoms with Gasteiger partial charge in [-0.25, -0.2) is 4.79 Å². The minimum atomic E-state index is -0.426. The summed E-state index contributed by atoms with van der Waals surface area (Å²) in [6, 6.07) is 9.10. The number of amides is 2. The molecule has 2 amide bonds. The third-order valence-corrected chi connectivity index (χ3v) is 7.83. The Morgan fingerprint density at radius 2 is 1.68 bits per heavy atom. The highest BCUT2D eigenvalue weighted by atomic mass is 16.3. The Morgan fingerprint density at radius 1 is 1.04 bits per heavy atom. The second kappa shape index (κ2) is 4.59. The highest BCUT2D eigenvalue weighted by Crippen LogP contribution is 2.57. The number of fused-ring (bicyclic) bond motifs is 1. The molecule has 132 valence electrons. The first-order chi connectivity index (χ1) is 12.0. The van der Waals surface area contributed by atoms with Gasteiger partial charge in [0.25, 0.3) is 0 Å². The van der Waals surface area contributed by atoms with Crippen LogP contribution < -0.4 is 5.32 Å². The van der Waals surface area contributed by atoms with Gasteiger partial charge in [-0.2, -0.15) is 0 Å². The summed E-state index contributed by atoms with van der Waals surface area (Å²) in [6.07, 6.45) is 7.14. The Balaban J connectivity index is 1.28. The molecule has 1 aromatic carbocycles. The van der Waals surface area contributed by atoms with Gasteiger partial charge in [-0.3, -0.25) is 0 Å². The zero-order valence-electron chi connectivity index (χ0n) is 14.6. The van der Waals surface area contributed by atoms with Gasteiger partial charge in [-0.1, -0.05) is 24.3 Å². The van der Waals surface area contributed by atoms with E-state index >= 15 is 0 Å². The van der Waals surface area contributed by atoms with Crippen molar-refractivity contribution in [3.05, 3.63) is 35.4 Å². The molecule has 6 aliphatic rings. The summed E-state index contributed by atoms with van der Waals surface area (Å²) in [6.45, 7) is 0.835. The first-order valence-corrected chi connectivity index (χ1v) is 9.91. The van der Waals surface area contributed by atoms with Crippen molar-refractivity contribution in [2.75, 3.05) is 6.54 Å². The second-order valence-electron chi connectivity index (χ2n) is 9.65. The molecular weight excluding hydrogens is 312 g/mol. The van der Waals surface area contributed by atoms with Gasteiger partial charge >= 0.3 is 6.03 Å². The molecule has 1 heterocycles. The van der Waals surface area contributed by atoms with Crippen molar-refractivity contribution in [1.82, 2.24) is 10.2 Å². The number of rotatable bonds is 1. The number of hydrogen-bond donors (Lipinski definition) is 2. The van der Waals surface area contributed by atoms with Crippen LogP contribution in [0, 0.1) is 17.8 Å². The molecule has 0 radical (unpaired) electrons. The van der Waals surface area contributed by atoms with Gasteiger partial charge in [0.15, 0.2) is 0 Å². The predicted molar refractivity (Wildman–Crippen MR) is 94.1 cm³/mol. The fourth-order valence-corrected chi connectivity index (χ4v) is 7.33. The zero-order valence-corrected chi connectivity index (χ0v) is 14.6. The van der Waals surface area contributed by atoms with E-state index in [9.17, 15) is 9.90 Å². The van der Waals surface area contributed by atoms with Crippen molar-refractivity contribution in [2.45, 2.75) is 62.1 Å². The standard InChI is InChI=1S/C21H26N2O2/c24-19-22-20(8-14-3-1-2-4-15(14)9-20)12-23(19)18-16-5-13-6-17(18)11-21(25,7-13)10-16/h1-4,13,16-18,25H,5-12H2,(H,22,24). The largest absolute Gasteiger partial charge is 0.390 e. The van der Waals surface area contributed by atoms with Gasteiger partial charge in [0.1, 0.15) is 0 Å². The molecule has 7 rings (SSSR count). The third-order valence-electron chi connectivity index (χ3n) is 7.83. The smallest absolute Gasteiger partial charge is 0.318 e. The van der Waals surface area contributed by atoms with Crippen LogP contribution in [0.15, 0.2) is 24.3 Å². The summed E-state index contributed by atoms with van der Waals surface area (Å²) in [5.41, 5.74) is 2.25. The lowest BCUT2D eigenvalue weighted by atomic mass is 9.52. The fraction of sp³-hybridized carbons (Fsp3) is 0.667. The van der Waals surface area contributed by atoms with E-state index in [1.807, 2.05) is 0 Å². The lowest BCUT2D eigenvalue weighted by Crippen LogP contribution is -2.62. The molecule has 5 fully saturated rings. The van der Waals surface area contributed by atoms with Crippen LogP contribution in [0.2, 0.25) is 0 Å². The van der Waals surface area contributed by atoms with Crippen LogP contribution >= 0.6 is 0 Å². The summed E-state index contributed by atoms with van der Waals surface area (Å²) in [4.78, 5) is 15.1. The molecule has 2 unspecified atom stereocenters. The highest BCUT2D eigenvalue weighted by molar-refractivity contribution is 5.79. The minimum absolute atomic E-state index is 0.105. The Bertz CT molecular complexity index is 719. The van der Waals surface area contributed by atoms with Crippen LogP contribution in [-0.4, -0.2) is 39.8 Å². The van der Waals surface area contributed by atoms with E-state index in [0.717, 1.165) is 38.6 Å². The van der Waals surface area contributed by atoms with Crippen LogP contribution in [-0.2, 0) is 12.8 Å².